The molecule has 1 aliphatic heterocycles. The van der Waals surface area contributed by atoms with E-state index >= 15 is 0 Å². The van der Waals surface area contributed by atoms with Crippen LogP contribution in [0.15, 0.2) is 12.7 Å². The van der Waals surface area contributed by atoms with Crippen LogP contribution in [0.5, 0.6) is 0 Å². The lowest BCUT2D eigenvalue weighted by Gasteiger charge is -2.08. The monoisotopic (exact) mass is 154 g/mol. The maximum absolute atomic E-state index is 10.7. The number of ether oxygens (including phenoxy) is 1. The summed E-state index contributed by atoms with van der Waals surface area (Å²) < 4.78 is 4.86. The summed E-state index contributed by atoms with van der Waals surface area (Å²) in [5, 5.41) is 0. The summed E-state index contributed by atoms with van der Waals surface area (Å²) in [7, 11) is 0. The summed E-state index contributed by atoms with van der Waals surface area (Å²) in [6.45, 7) is 3.51. The number of cyclic esters (lactones) is 1. The van der Waals surface area contributed by atoms with Gasteiger partial charge in [0.1, 0.15) is 12.4 Å². The maximum Gasteiger partial charge on any atom is 0.306 e. The van der Waals surface area contributed by atoms with E-state index in [1.807, 2.05) is 0 Å². The molecule has 1 fully saturated rings. The van der Waals surface area contributed by atoms with E-state index in [2.05, 4.69) is 6.58 Å². The molecule has 60 valence electrons. The Morgan fingerprint density at radius 3 is 3.00 bits per heavy atom. The summed E-state index contributed by atoms with van der Waals surface area (Å²) in [5.74, 6) is -0.547. The predicted molar refractivity (Wildman–Crippen MR) is 38.9 cm³/mol. The number of esters is 1. The van der Waals surface area contributed by atoms with Crippen LogP contribution in [0.1, 0.15) is 12.8 Å². The normalized spacial score (nSPS) is 29.6. The molecule has 2 atom stereocenters. The van der Waals surface area contributed by atoms with Gasteiger partial charge in [0.25, 0.3) is 0 Å². The zero-order valence-corrected chi connectivity index (χ0v) is 6.16. The molecule has 1 rings (SSSR count). The zero-order valence-electron chi connectivity index (χ0n) is 6.16. The molecule has 0 saturated carbocycles. The second kappa shape index (κ2) is 3.32. The van der Waals surface area contributed by atoms with Crippen LogP contribution in [-0.4, -0.2) is 18.4 Å². The topological polar surface area (TPSA) is 43.4 Å². The highest BCUT2D eigenvalue weighted by atomic mass is 16.5. The van der Waals surface area contributed by atoms with Crippen LogP contribution >= 0.6 is 0 Å². The van der Waals surface area contributed by atoms with E-state index in [9.17, 15) is 9.59 Å². The van der Waals surface area contributed by atoms with Crippen molar-refractivity contribution in [2.24, 2.45) is 5.92 Å². The van der Waals surface area contributed by atoms with Crippen molar-refractivity contribution < 1.29 is 14.3 Å². The van der Waals surface area contributed by atoms with Crippen molar-refractivity contribution in [2.45, 2.75) is 18.9 Å². The molecule has 1 heterocycles. The second-order valence-corrected chi connectivity index (χ2v) is 2.56. The molecular weight excluding hydrogens is 144 g/mol. The molecular formula is C8H10O3. The van der Waals surface area contributed by atoms with Crippen LogP contribution in [0.4, 0.5) is 0 Å². The smallest absolute Gasteiger partial charge is 0.306 e. The van der Waals surface area contributed by atoms with Gasteiger partial charge in [0.05, 0.1) is 12.3 Å². The molecule has 0 unspecified atom stereocenters. The Balaban J connectivity index is 2.56. The average molecular weight is 154 g/mol. The van der Waals surface area contributed by atoms with Crippen molar-refractivity contribution >= 4 is 12.3 Å². The number of carbonyl (C=O) groups is 2. The number of carbonyl (C=O) groups excluding carboxylic acids is 2. The van der Waals surface area contributed by atoms with E-state index < -0.39 is 0 Å². The van der Waals surface area contributed by atoms with Gasteiger partial charge in [-0.3, -0.25) is 4.79 Å². The van der Waals surface area contributed by atoms with Crippen LogP contribution in [0.25, 0.3) is 0 Å². The minimum absolute atomic E-state index is 0.224. The molecule has 0 N–H and O–H groups in total. The first-order chi connectivity index (χ1) is 5.27. The average Bonchev–Trinajstić information content (AvgIpc) is 2.32. The molecule has 0 radical (unpaired) electrons. The minimum atomic E-state index is -0.283. The lowest BCUT2D eigenvalue weighted by atomic mass is 10.0. The maximum atomic E-state index is 10.7. The summed E-state index contributed by atoms with van der Waals surface area (Å²) in [4.78, 5) is 21.1. The van der Waals surface area contributed by atoms with Gasteiger partial charge in [-0.15, -0.1) is 6.58 Å². The molecule has 3 nitrogen and oxygen atoms in total. The van der Waals surface area contributed by atoms with Gasteiger partial charge in [-0.1, -0.05) is 6.08 Å². The van der Waals surface area contributed by atoms with Gasteiger partial charge in [0.15, 0.2) is 0 Å². The van der Waals surface area contributed by atoms with E-state index in [0.717, 1.165) is 6.29 Å². The summed E-state index contributed by atoms with van der Waals surface area (Å²) >= 11 is 0. The van der Waals surface area contributed by atoms with Gasteiger partial charge >= 0.3 is 5.97 Å². The lowest BCUT2D eigenvalue weighted by Crippen LogP contribution is -2.15. The van der Waals surface area contributed by atoms with E-state index in [4.69, 9.17) is 4.74 Å². The fraction of sp³-hybridized carbons (Fsp3) is 0.500. The van der Waals surface area contributed by atoms with Crippen LogP contribution in [0, 0.1) is 5.92 Å². The molecule has 0 aromatic carbocycles. The zero-order chi connectivity index (χ0) is 8.27. The van der Waals surface area contributed by atoms with Gasteiger partial charge in [-0.25, -0.2) is 0 Å². The highest BCUT2D eigenvalue weighted by molar-refractivity contribution is 5.77. The fourth-order valence-electron chi connectivity index (χ4n) is 1.15. The van der Waals surface area contributed by atoms with Crippen LogP contribution in [-0.2, 0) is 14.3 Å². The number of aldehydes is 1. The number of rotatable bonds is 3. The Labute approximate surface area is 65.0 Å². The number of hydrogen-bond acceptors (Lipinski definition) is 3. The van der Waals surface area contributed by atoms with E-state index in [1.54, 1.807) is 6.08 Å². The highest BCUT2D eigenvalue weighted by Gasteiger charge is 2.33. The first kappa shape index (κ1) is 7.98. The van der Waals surface area contributed by atoms with Crippen molar-refractivity contribution in [2.75, 3.05) is 0 Å². The molecule has 3 heteroatoms. The Kier molecular flexibility index (Phi) is 2.41. The van der Waals surface area contributed by atoms with E-state index in [0.29, 0.717) is 6.42 Å². The third-order valence-electron chi connectivity index (χ3n) is 1.74. The van der Waals surface area contributed by atoms with Crippen molar-refractivity contribution in [1.82, 2.24) is 0 Å². The van der Waals surface area contributed by atoms with Gasteiger partial charge < -0.3 is 9.53 Å². The van der Waals surface area contributed by atoms with Gasteiger partial charge in [0, 0.05) is 6.42 Å². The molecule has 0 aliphatic carbocycles. The largest absolute Gasteiger partial charge is 0.461 e. The Morgan fingerprint density at radius 1 is 1.73 bits per heavy atom. The Hall–Kier alpha value is -1.12. The molecule has 1 saturated heterocycles. The van der Waals surface area contributed by atoms with Crippen molar-refractivity contribution in [3.63, 3.8) is 0 Å². The molecule has 0 aromatic heterocycles. The van der Waals surface area contributed by atoms with Gasteiger partial charge in [0.2, 0.25) is 0 Å². The third kappa shape index (κ3) is 1.67. The lowest BCUT2D eigenvalue weighted by molar-refractivity contribution is -0.141. The molecule has 11 heavy (non-hydrogen) atoms. The molecule has 0 bridgehead atoms. The van der Waals surface area contributed by atoms with Crippen LogP contribution < -0.4 is 0 Å². The molecule has 0 aromatic rings. The molecule has 1 aliphatic rings. The standard InChI is InChI=1S/C8H10O3/c1-2-3-7-6(5-9)4-8(10)11-7/h2,5-7H,1,3-4H2/t6-,7-/m1/s1. The first-order valence-corrected chi connectivity index (χ1v) is 3.53. The van der Waals surface area contributed by atoms with Crippen molar-refractivity contribution in [3.8, 4) is 0 Å². The molecule has 0 amide bonds. The first-order valence-electron chi connectivity index (χ1n) is 3.53. The Morgan fingerprint density at radius 2 is 2.45 bits per heavy atom. The van der Waals surface area contributed by atoms with E-state index in [1.165, 1.54) is 0 Å². The highest BCUT2D eigenvalue weighted by Crippen LogP contribution is 2.22. The van der Waals surface area contributed by atoms with Gasteiger partial charge in [-0.05, 0) is 0 Å². The summed E-state index contributed by atoms with van der Waals surface area (Å²) in [5.41, 5.74) is 0. The van der Waals surface area contributed by atoms with Crippen LogP contribution in [0.3, 0.4) is 0 Å². The van der Waals surface area contributed by atoms with Gasteiger partial charge in [-0.2, -0.15) is 0 Å². The Bertz CT molecular complexity index is 186. The van der Waals surface area contributed by atoms with Crippen molar-refractivity contribution in [3.05, 3.63) is 12.7 Å². The molecule has 0 spiro atoms. The minimum Gasteiger partial charge on any atom is -0.461 e. The quantitative estimate of drug-likeness (QED) is 0.341. The predicted octanol–water partition coefficient (Wildman–Crippen LogP) is 0.693. The summed E-state index contributed by atoms with van der Waals surface area (Å²) in [6, 6.07) is 0. The third-order valence-corrected chi connectivity index (χ3v) is 1.74. The van der Waals surface area contributed by atoms with E-state index in [-0.39, 0.29) is 24.4 Å². The second-order valence-electron chi connectivity index (χ2n) is 2.56. The number of hydrogen-bond donors (Lipinski definition) is 0. The fourth-order valence-corrected chi connectivity index (χ4v) is 1.15. The summed E-state index contributed by atoms with van der Waals surface area (Å²) in [6.07, 6.45) is 2.95. The SMILES string of the molecule is C=CC[C@H]1OC(=O)C[C@@H]1C=O. The van der Waals surface area contributed by atoms with Crippen molar-refractivity contribution in [1.29, 1.82) is 0 Å². The van der Waals surface area contributed by atoms with Crippen LogP contribution in [0.2, 0.25) is 0 Å².